The van der Waals surface area contributed by atoms with Gasteiger partial charge in [0.2, 0.25) is 0 Å². The average molecular weight is 309 g/mol. The highest BCUT2D eigenvalue weighted by Crippen LogP contribution is 2.36. The van der Waals surface area contributed by atoms with Gasteiger partial charge >= 0.3 is 0 Å². The largest absolute Gasteiger partial charge is 0.388 e. The van der Waals surface area contributed by atoms with Gasteiger partial charge in [-0.2, -0.15) is 0 Å². The van der Waals surface area contributed by atoms with Gasteiger partial charge in [0.25, 0.3) is 10.0 Å². The fraction of sp³-hybridized carbons (Fsp3) is 0.286. The number of thiophene rings is 1. The minimum absolute atomic E-state index is 0.337. The number of aliphatic hydroxyl groups excluding tert-OH is 1. The van der Waals surface area contributed by atoms with Crippen molar-refractivity contribution in [3.05, 3.63) is 47.3 Å². The van der Waals surface area contributed by atoms with Crippen molar-refractivity contribution in [3.63, 3.8) is 0 Å². The van der Waals surface area contributed by atoms with Gasteiger partial charge in [0.05, 0.1) is 11.8 Å². The summed E-state index contributed by atoms with van der Waals surface area (Å²) in [5, 5.41) is 11.9. The number of hydrogen-bond donors (Lipinski definition) is 1. The third-order valence-corrected chi connectivity index (χ3v) is 6.63. The van der Waals surface area contributed by atoms with E-state index >= 15 is 0 Å². The Morgan fingerprint density at radius 1 is 1.20 bits per heavy atom. The second kappa shape index (κ2) is 5.20. The molecular formula is C14H15NO3S2. The van der Waals surface area contributed by atoms with Crippen molar-refractivity contribution in [2.45, 2.75) is 23.2 Å². The molecule has 0 saturated heterocycles. The van der Waals surface area contributed by atoms with Crippen LogP contribution in [0, 0.1) is 0 Å². The lowest BCUT2D eigenvalue weighted by Gasteiger charge is -2.24. The molecule has 1 aliphatic rings. The Kier molecular flexibility index (Phi) is 3.54. The van der Waals surface area contributed by atoms with Gasteiger partial charge in [-0.15, -0.1) is 11.3 Å². The molecule has 1 aliphatic heterocycles. The summed E-state index contributed by atoms with van der Waals surface area (Å²) < 4.78 is 27.2. The minimum Gasteiger partial charge on any atom is -0.388 e. The van der Waals surface area contributed by atoms with Crippen molar-refractivity contribution < 1.29 is 13.5 Å². The summed E-state index contributed by atoms with van der Waals surface area (Å²) in [4.78, 5) is 0. The number of benzene rings is 1. The summed E-state index contributed by atoms with van der Waals surface area (Å²) in [6.07, 6.45) is 0.614. The van der Waals surface area contributed by atoms with E-state index in [1.807, 2.05) is 6.07 Å². The van der Waals surface area contributed by atoms with E-state index < -0.39 is 16.1 Å². The van der Waals surface area contributed by atoms with Crippen LogP contribution in [0.25, 0.3) is 0 Å². The number of para-hydroxylation sites is 1. The van der Waals surface area contributed by atoms with Crippen LogP contribution in [-0.4, -0.2) is 20.1 Å². The first-order valence-corrected chi connectivity index (χ1v) is 8.76. The molecule has 4 nitrogen and oxygen atoms in total. The van der Waals surface area contributed by atoms with E-state index in [9.17, 15) is 13.5 Å². The van der Waals surface area contributed by atoms with E-state index in [1.165, 1.54) is 15.6 Å². The molecule has 2 aromatic rings. The van der Waals surface area contributed by atoms with E-state index in [1.54, 1.807) is 35.7 Å². The van der Waals surface area contributed by atoms with E-state index in [0.717, 1.165) is 0 Å². The zero-order chi connectivity index (χ0) is 14.2. The van der Waals surface area contributed by atoms with Crippen molar-refractivity contribution >= 4 is 27.0 Å². The first kappa shape index (κ1) is 13.6. The quantitative estimate of drug-likeness (QED) is 0.928. The molecular weight excluding hydrogens is 294 g/mol. The highest BCUT2D eigenvalue weighted by atomic mass is 32.2. The predicted octanol–water partition coefficient (Wildman–Crippen LogP) is 2.77. The van der Waals surface area contributed by atoms with Crippen LogP contribution in [0.15, 0.2) is 46.0 Å². The monoisotopic (exact) mass is 309 g/mol. The second-order valence-electron chi connectivity index (χ2n) is 4.73. The number of nitrogens with zero attached hydrogens (tertiary/aromatic N) is 1. The van der Waals surface area contributed by atoms with Crippen molar-refractivity contribution in [3.8, 4) is 0 Å². The van der Waals surface area contributed by atoms with Gasteiger partial charge in [-0.05, 0) is 30.4 Å². The van der Waals surface area contributed by atoms with Gasteiger partial charge < -0.3 is 5.11 Å². The molecule has 3 rings (SSSR count). The lowest BCUT2D eigenvalue weighted by Crippen LogP contribution is -2.31. The Morgan fingerprint density at radius 3 is 2.75 bits per heavy atom. The third kappa shape index (κ3) is 2.24. The summed E-state index contributed by atoms with van der Waals surface area (Å²) in [5.41, 5.74) is 1.27. The Bertz CT molecular complexity index is 695. The molecule has 0 radical (unpaired) electrons. The van der Waals surface area contributed by atoms with E-state index in [2.05, 4.69) is 0 Å². The molecule has 0 bridgehead atoms. The van der Waals surface area contributed by atoms with Crippen LogP contribution in [0.2, 0.25) is 0 Å². The van der Waals surface area contributed by atoms with Gasteiger partial charge in [0.15, 0.2) is 0 Å². The first-order chi connectivity index (χ1) is 9.60. The van der Waals surface area contributed by atoms with Gasteiger partial charge in [-0.25, -0.2) is 8.42 Å². The standard InChI is InChI=1S/C14H15NO3S2/c16-13-7-3-9-15(12-6-2-1-5-11(12)13)20(17,18)14-8-4-10-19-14/h1-2,4-6,8,10,13,16H,3,7,9H2. The van der Waals surface area contributed by atoms with Gasteiger partial charge in [-0.1, -0.05) is 24.3 Å². The number of hydrogen-bond acceptors (Lipinski definition) is 4. The maximum atomic E-state index is 12.7. The molecule has 0 saturated carbocycles. The summed E-state index contributed by atoms with van der Waals surface area (Å²) in [5.74, 6) is 0. The van der Waals surface area contributed by atoms with Crippen LogP contribution >= 0.6 is 11.3 Å². The maximum absolute atomic E-state index is 12.7. The van der Waals surface area contributed by atoms with Crippen LogP contribution in [0.4, 0.5) is 5.69 Å². The molecule has 2 heterocycles. The van der Waals surface area contributed by atoms with E-state index in [4.69, 9.17) is 0 Å². The molecule has 0 fully saturated rings. The molecule has 20 heavy (non-hydrogen) atoms. The highest BCUT2D eigenvalue weighted by molar-refractivity contribution is 7.94. The van der Waals surface area contributed by atoms with Gasteiger partial charge in [0, 0.05) is 12.1 Å². The molecule has 106 valence electrons. The third-order valence-electron chi connectivity index (χ3n) is 3.44. The number of rotatable bonds is 2. The first-order valence-electron chi connectivity index (χ1n) is 6.44. The Balaban J connectivity index is 2.13. The number of sulfonamides is 1. The fourth-order valence-electron chi connectivity index (χ4n) is 2.47. The molecule has 0 amide bonds. The second-order valence-corrected chi connectivity index (χ2v) is 7.76. The SMILES string of the molecule is O=S(=O)(c1cccs1)N1CCCC(O)c2ccccc21. The molecule has 6 heteroatoms. The molecule has 1 aromatic heterocycles. The van der Waals surface area contributed by atoms with Crippen LogP contribution in [0.3, 0.4) is 0 Å². The molecule has 1 aromatic carbocycles. The van der Waals surface area contributed by atoms with Crippen molar-refractivity contribution in [2.75, 3.05) is 10.8 Å². The zero-order valence-corrected chi connectivity index (χ0v) is 12.4. The molecule has 1 atom stereocenters. The zero-order valence-electron chi connectivity index (χ0n) is 10.8. The van der Waals surface area contributed by atoms with Crippen molar-refractivity contribution in [2.24, 2.45) is 0 Å². The minimum atomic E-state index is -3.54. The maximum Gasteiger partial charge on any atom is 0.273 e. The Labute approximate surface area is 122 Å². The molecule has 1 N–H and O–H groups in total. The predicted molar refractivity (Wildman–Crippen MR) is 79.5 cm³/mol. The van der Waals surface area contributed by atoms with Crippen LogP contribution < -0.4 is 4.31 Å². The number of aliphatic hydroxyl groups is 1. The number of anilines is 1. The topological polar surface area (TPSA) is 57.6 Å². The fourth-order valence-corrected chi connectivity index (χ4v) is 5.10. The smallest absolute Gasteiger partial charge is 0.273 e. The molecule has 0 spiro atoms. The summed E-state index contributed by atoms with van der Waals surface area (Å²) >= 11 is 1.21. The van der Waals surface area contributed by atoms with Crippen LogP contribution in [0.1, 0.15) is 24.5 Å². The molecule has 0 aliphatic carbocycles. The van der Waals surface area contributed by atoms with Crippen LogP contribution in [-0.2, 0) is 10.0 Å². The number of fused-ring (bicyclic) bond motifs is 1. The summed E-state index contributed by atoms with van der Waals surface area (Å²) in [6.45, 7) is 0.397. The lowest BCUT2D eigenvalue weighted by molar-refractivity contribution is 0.168. The Hall–Kier alpha value is -1.37. The average Bonchev–Trinajstić information content (AvgIpc) is 2.93. The van der Waals surface area contributed by atoms with Crippen LogP contribution in [0.5, 0.6) is 0 Å². The molecule has 1 unspecified atom stereocenters. The van der Waals surface area contributed by atoms with E-state index in [0.29, 0.717) is 34.8 Å². The van der Waals surface area contributed by atoms with Gasteiger partial charge in [-0.3, -0.25) is 4.31 Å². The highest BCUT2D eigenvalue weighted by Gasteiger charge is 2.30. The van der Waals surface area contributed by atoms with Gasteiger partial charge in [0.1, 0.15) is 4.21 Å². The lowest BCUT2D eigenvalue weighted by atomic mass is 10.1. The summed E-state index contributed by atoms with van der Waals surface area (Å²) in [7, 11) is -3.54. The van der Waals surface area contributed by atoms with E-state index in [-0.39, 0.29) is 0 Å². The summed E-state index contributed by atoms with van der Waals surface area (Å²) in [6, 6.07) is 10.5. The normalized spacial score (nSPS) is 19.4. The van der Waals surface area contributed by atoms with Crippen molar-refractivity contribution in [1.82, 2.24) is 0 Å². The Morgan fingerprint density at radius 2 is 2.00 bits per heavy atom. The van der Waals surface area contributed by atoms with Crippen molar-refractivity contribution in [1.29, 1.82) is 0 Å².